The number of hydrogen-bond donors (Lipinski definition) is 1. The minimum Gasteiger partial charge on any atom is -0.370 e. The van der Waals surface area contributed by atoms with Crippen LogP contribution in [0, 0.1) is 0 Å². The van der Waals surface area contributed by atoms with E-state index >= 15 is 0 Å². The molecular formula is C18H16N4O2S. The molecule has 0 amide bonds. The Labute approximate surface area is 149 Å². The summed E-state index contributed by atoms with van der Waals surface area (Å²) < 4.78 is 0. The van der Waals surface area contributed by atoms with Gasteiger partial charge in [0, 0.05) is 48.2 Å². The molecule has 1 aromatic carbocycles. The first kappa shape index (κ1) is 15.8. The quantitative estimate of drug-likeness (QED) is 0.909. The highest BCUT2D eigenvalue weighted by molar-refractivity contribution is 7.99. The molecule has 0 atom stereocenters. The van der Waals surface area contributed by atoms with E-state index in [1.807, 2.05) is 36.0 Å². The fraction of sp³-hybridized carbons (Fsp3) is 0.222. The number of benzene rings is 1. The molecule has 1 N–H and O–H groups in total. The number of fused-ring (bicyclic) bond motifs is 1. The predicted molar refractivity (Wildman–Crippen MR) is 98.4 cm³/mol. The second kappa shape index (κ2) is 6.68. The van der Waals surface area contributed by atoms with Crippen LogP contribution in [0.3, 0.4) is 0 Å². The van der Waals surface area contributed by atoms with E-state index in [0.29, 0.717) is 0 Å². The third-order valence-corrected chi connectivity index (χ3v) is 5.18. The third kappa shape index (κ3) is 3.15. The van der Waals surface area contributed by atoms with Gasteiger partial charge in [-0.05, 0) is 24.3 Å². The largest absolute Gasteiger partial charge is 0.370 e. The molecule has 0 bridgehead atoms. The molecule has 7 heteroatoms. The number of Topliss-reactive ketones (excluding diaryl/α,β-unsaturated/α-hetero) is 1. The Balaban J connectivity index is 1.52. The van der Waals surface area contributed by atoms with Gasteiger partial charge in [0.2, 0.25) is 11.6 Å². The predicted octanol–water partition coefficient (Wildman–Crippen LogP) is 2.40. The molecule has 0 saturated carbocycles. The van der Waals surface area contributed by atoms with Crippen LogP contribution in [0.1, 0.15) is 20.8 Å². The maximum absolute atomic E-state index is 12.5. The lowest BCUT2D eigenvalue weighted by Gasteiger charge is -2.28. The zero-order chi connectivity index (χ0) is 17.2. The highest BCUT2D eigenvalue weighted by atomic mass is 32.2. The van der Waals surface area contributed by atoms with Crippen LogP contribution in [0.2, 0.25) is 0 Å². The number of anilines is 2. The van der Waals surface area contributed by atoms with Crippen molar-refractivity contribution in [2.24, 2.45) is 0 Å². The standard InChI is InChI=1S/C18H16N4O2S/c23-16-9-15(18(24)14-10-19-11-20-17(14)16)21-12-1-3-13(4-2-12)22-5-7-25-8-6-22/h1-4,9-11,21H,5-8H2. The number of hydrogen-bond acceptors (Lipinski definition) is 7. The van der Waals surface area contributed by atoms with Crippen molar-refractivity contribution >= 4 is 34.7 Å². The van der Waals surface area contributed by atoms with Gasteiger partial charge in [0.1, 0.15) is 12.0 Å². The maximum Gasteiger partial charge on any atom is 0.213 e. The number of ketones is 2. The van der Waals surface area contributed by atoms with E-state index in [9.17, 15) is 9.59 Å². The van der Waals surface area contributed by atoms with Crippen LogP contribution in [0.15, 0.2) is 48.6 Å². The Morgan fingerprint density at radius 2 is 1.84 bits per heavy atom. The van der Waals surface area contributed by atoms with Crippen LogP contribution < -0.4 is 10.2 Å². The first-order chi connectivity index (χ1) is 12.2. The lowest BCUT2D eigenvalue weighted by molar-refractivity contribution is 0.0981. The van der Waals surface area contributed by atoms with E-state index in [4.69, 9.17) is 0 Å². The van der Waals surface area contributed by atoms with Gasteiger partial charge in [-0.2, -0.15) is 11.8 Å². The van der Waals surface area contributed by atoms with E-state index in [0.717, 1.165) is 30.3 Å². The SMILES string of the molecule is O=C1C(Nc2ccc(N3CCSCC3)cc2)=CC(=O)c2ncncc21. The molecule has 1 aliphatic heterocycles. The summed E-state index contributed by atoms with van der Waals surface area (Å²) in [5, 5.41) is 3.04. The summed E-state index contributed by atoms with van der Waals surface area (Å²) in [6, 6.07) is 7.91. The molecule has 1 aromatic heterocycles. The number of carbonyl (C=O) groups is 2. The monoisotopic (exact) mass is 352 g/mol. The molecule has 6 nitrogen and oxygen atoms in total. The molecule has 1 fully saturated rings. The Morgan fingerprint density at radius 1 is 1.08 bits per heavy atom. The number of carbonyl (C=O) groups excluding carboxylic acids is 2. The summed E-state index contributed by atoms with van der Waals surface area (Å²) in [6.45, 7) is 2.10. The van der Waals surface area contributed by atoms with Crippen LogP contribution in [-0.2, 0) is 0 Å². The van der Waals surface area contributed by atoms with Crippen molar-refractivity contribution in [2.45, 2.75) is 0 Å². The molecule has 1 saturated heterocycles. The van der Waals surface area contributed by atoms with Crippen LogP contribution in [0.5, 0.6) is 0 Å². The first-order valence-corrected chi connectivity index (χ1v) is 9.18. The van der Waals surface area contributed by atoms with E-state index < -0.39 is 0 Å². The number of allylic oxidation sites excluding steroid dienone is 2. The van der Waals surface area contributed by atoms with Gasteiger partial charge in [-0.15, -0.1) is 0 Å². The van der Waals surface area contributed by atoms with Crippen LogP contribution in [-0.4, -0.2) is 46.1 Å². The molecule has 4 rings (SSSR count). The van der Waals surface area contributed by atoms with Gasteiger partial charge in [-0.25, -0.2) is 9.97 Å². The number of aromatic nitrogens is 2. The van der Waals surface area contributed by atoms with Crippen molar-refractivity contribution in [3.8, 4) is 0 Å². The van der Waals surface area contributed by atoms with Gasteiger partial charge in [0.05, 0.1) is 11.3 Å². The highest BCUT2D eigenvalue weighted by Gasteiger charge is 2.27. The molecule has 25 heavy (non-hydrogen) atoms. The normalized spacial score (nSPS) is 17.1. The van der Waals surface area contributed by atoms with E-state index in [1.165, 1.54) is 24.3 Å². The summed E-state index contributed by atoms with van der Waals surface area (Å²) >= 11 is 1.97. The summed E-state index contributed by atoms with van der Waals surface area (Å²) in [5.41, 5.74) is 2.57. The maximum atomic E-state index is 12.5. The second-order valence-corrected chi connectivity index (χ2v) is 7.03. The Kier molecular flexibility index (Phi) is 4.23. The third-order valence-electron chi connectivity index (χ3n) is 4.23. The molecule has 0 unspecified atom stereocenters. The zero-order valence-electron chi connectivity index (χ0n) is 13.4. The Morgan fingerprint density at radius 3 is 2.60 bits per heavy atom. The highest BCUT2D eigenvalue weighted by Crippen LogP contribution is 2.24. The van der Waals surface area contributed by atoms with Crippen molar-refractivity contribution in [1.29, 1.82) is 0 Å². The van der Waals surface area contributed by atoms with Crippen LogP contribution in [0.25, 0.3) is 0 Å². The molecule has 2 aliphatic rings. The van der Waals surface area contributed by atoms with Crippen molar-refractivity contribution in [2.75, 3.05) is 34.8 Å². The molecule has 126 valence electrons. The van der Waals surface area contributed by atoms with Crippen LogP contribution >= 0.6 is 11.8 Å². The van der Waals surface area contributed by atoms with Crippen molar-refractivity contribution in [3.63, 3.8) is 0 Å². The summed E-state index contributed by atoms with van der Waals surface area (Å²) in [5.74, 6) is 1.73. The number of rotatable bonds is 3. The zero-order valence-corrected chi connectivity index (χ0v) is 14.3. The van der Waals surface area contributed by atoms with Gasteiger partial charge in [0.15, 0.2) is 0 Å². The number of thioether (sulfide) groups is 1. The lowest BCUT2D eigenvalue weighted by Crippen LogP contribution is -2.32. The molecule has 0 spiro atoms. The van der Waals surface area contributed by atoms with Gasteiger partial charge in [-0.3, -0.25) is 9.59 Å². The lowest BCUT2D eigenvalue weighted by atomic mass is 9.98. The minimum atomic E-state index is -0.290. The van der Waals surface area contributed by atoms with Gasteiger partial charge < -0.3 is 10.2 Å². The molecular weight excluding hydrogens is 336 g/mol. The van der Waals surface area contributed by atoms with Crippen molar-refractivity contribution in [3.05, 3.63) is 59.8 Å². The summed E-state index contributed by atoms with van der Waals surface area (Å²) in [4.78, 5) is 34.7. The van der Waals surface area contributed by atoms with E-state index in [2.05, 4.69) is 20.2 Å². The molecule has 1 aliphatic carbocycles. The summed E-state index contributed by atoms with van der Waals surface area (Å²) in [6.07, 6.45) is 3.95. The number of nitrogens with one attached hydrogen (secondary N) is 1. The molecule has 2 heterocycles. The fourth-order valence-electron chi connectivity index (χ4n) is 2.93. The topological polar surface area (TPSA) is 75.2 Å². The first-order valence-electron chi connectivity index (χ1n) is 8.03. The van der Waals surface area contributed by atoms with E-state index in [1.54, 1.807) is 0 Å². The fourth-order valence-corrected chi connectivity index (χ4v) is 3.83. The van der Waals surface area contributed by atoms with Gasteiger partial charge in [0.25, 0.3) is 0 Å². The Bertz CT molecular complexity index is 858. The molecule has 2 aromatic rings. The van der Waals surface area contributed by atoms with Crippen LogP contribution in [0.4, 0.5) is 11.4 Å². The van der Waals surface area contributed by atoms with Crippen molar-refractivity contribution in [1.82, 2.24) is 9.97 Å². The number of nitrogens with zero attached hydrogens (tertiary/aromatic N) is 3. The second-order valence-electron chi connectivity index (χ2n) is 5.81. The minimum absolute atomic E-state index is 0.156. The van der Waals surface area contributed by atoms with Gasteiger partial charge >= 0.3 is 0 Å². The average Bonchev–Trinajstić information content (AvgIpc) is 2.67. The van der Waals surface area contributed by atoms with Gasteiger partial charge in [-0.1, -0.05) is 0 Å². The smallest absolute Gasteiger partial charge is 0.213 e. The van der Waals surface area contributed by atoms with E-state index in [-0.39, 0.29) is 28.5 Å². The molecule has 0 radical (unpaired) electrons. The van der Waals surface area contributed by atoms with Crippen molar-refractivity contribution < 1.29 is 9.59 Å². The average molecular weight is 352 g/mol. The Hall–Kier alpha value is -2.67. The summed E-state index contributed by atoms with van der Waals surface area (Å²) in [7, 11) is 0.